The van der Waals surface area contributed by atoms with Crippen LogP contribution in [0.2, 0.25) is 0 Å². The van der Waals surface area contributed by atoms with Gasteiger partial charge in [-0.15, -0.1) is 0 Å². The summed E-state index contributed by atoms with van der Waals surface area (Å²) in [4.78, 5) is 18.7. The largest absolute Gasteiger partial charge is 0.351 e. The average Bonchev–Trinajstić information content (AvgIpc) is 3.10. The maximum atomic E-state index is 12.6. The third kappa shape index (κ3) is 3.38. The van der Waals surface area contributed by atoms with Crippen LogP contribution < -0.4 is 0 Å². The second-order valence-corrected chi connectivity index (χ2v) is 6.15. The minimum absolute atomic E-state index is 0.167. The molecule has 0 saturated heterocycles. The SMILES string of the molecule is CN(Cc1ccccn1)C(=O)C1CCC(n2cccc2)CC1. The fourth-order valence-corrected chi connectivity index (χ4v) is 3.34. The van der Waals surface area contributed by atoms with Gasteiger partial charge in [0.25, 0.3) is 0 Å². The molecular formula is C18H23N3O. The number of rotatable bonds is 4. The number of nitrogens with zero attached hydrogens (tertiary/aromatic N) is 3. The van der Waals surface area contributed by atoms with E-state index in [2.05, 4.69) is 34.1 Å². The van der Waals surface area contributed by atoms with Crippen LogP contribution in [0.15, 0.2) is 48.9 Å². The minimum atomic E-state index is 0.167. The molecule has 2 aromatic heterocycles. The highest BCUT2D eigenvalue weighted by atomic mass is 16.2. The maximum absolute atomic E-state index is 12.6. The molecule has 1 fully saturated rings. The first-order valence-electron chi connectivity index (χ1n) is 8.01. The highest BCUT2D eigenvalue weighted by Crippen LogP contribution is 2.33. The van der Waals surface area contributed by atoms with Crippen LogP contribution in [0.5, 0.6) is 0 Å². The molecule has 0 N–H and O–H groups in total. The van der Waals surface area contributed by atoms with E-state index in [9.17, 15) is 4.79 Å². The van der Waals surface area contributed by atoms with E-state index in [-0.39, 0.29) is 11.8 Å². The van der Waals surface area contributed by atoms with E-state index in [0.29, 0.717) is 12.6 Å². The van der Waals surface area contributed by atoms with Crippen LogP contribution in [0.3, 0.4) is 0 Å². The number of pyridine rings is 1. The smallest absolute Gasteiger partial charge is 0.225 e. The molecule has 116 valence electrons. The van der Waals surface area contributed by atoms with Gasteiger partial charge in [-0.1, -0.05) is 6.07 Å². The van der Waals surface area contributed by atoms with E-state index < -0.39 is 0 Å². The molecule has 0 spiro atoms. The van der Waals surface area contributed by atoms with Crippen LogP contribution in [-0.4, -0.2) is 27.4 Å². The summed E-state index contributed by atoms with van der Waals surface area (Å²) in [7, 11) is 1.88. The van der Waals surface area contributed by atoms with Crippen LogP contribution in [0.1, 0.15) is 37.4 Å². The lowest BCUT2D eigenvalue weighted by molar-refractivity contribution is -0.136. The van der Waals surface area contributed by atoms with E-state index in [4.69, 9.17) is 0 Å². The summed E-state index contributed by atoms with van der Waals surface area (Å²) in [5.74, 6) is 0.428. The summed E-state index contributed by atoms with van der Waals surface area (Å²) in [6.45, 7) is 0.594. The predicted octanol–water partition coefficient (Wildman–Crippen LogP) is 3.27. The fourth-order valence-electron chi connectivity index (χ4n) is 3.34. The zero-order valence-corrected chi connectivity index (χ0v) is 13.1. The molecule has 1 aliphatic rings. The molecule has 2 aromatic rings. The third-order valence-corrected chi connectivity index (χ3v) is 4.60. The molecule has 0 aliphatic heterocycles. The standard InChI is InChI=1S/C18H23N3O/c1-20(14-16-6-2-3-11-19-16)18(22)15-7-9-17(10-8-15)21-12-4-5-13-21/h2-6,11-13,15,17H,7-10,14H2,1H3. The highest BCUT2D eigenvalue weighted by molar-refractivity contribution is 5.78. The Morgan fingerprint density at radius 3 is 2.55 bits per heavy atom. The van der Waals surface area contributed by atoms with Gasteiger partial charge in [0.1, 0.15) is 0 Å². The molecule has 0 atom stereocenters. The molecule has 1 saturated carbocycles. The molecule has 0 unspecified atom stereocenters. The Labute approximate surface area is 131 Å². The van der Waals surface area contributed by atoms with Crippen molar-refractivity contribution in [1.29, 1.82) is 0 Å². The Hall–Kier alpha value is -2.10. The summed E-state index contributed by atoms with van der Waals surface area (Å²) >= 11 is 0. The molecule has 1 aliphatic carbocycles. The normalized spacial score (nSPS) is 21.5. The van der Waals surface area contributed by atoms with Crippen molar-refractivity contribution in [3.63, 3.8) is 0 Å². The Morgan fingerprint density at radius 1 is 1.18 bits per heavy atom. The van der Waals surface area contributed by atoms with Crippen LogP contribution in [0.4, 0.5) is 0 Å². The van der Waals surface area contributed by atoms with Crippen LogP contribution >= 0.6 is 0 Å². The average molecular weight is 297 g/mol. The number of amides is 1. The van der Waals surface area contributed by atoms with Gasteiger partial charge in [0.05, 0.1) is 12.2 Å². The van der Waals surface area contributed by atoms with Gasteiger partial charge < -0.3 is 9.47 Å². The zero-order valence-electron chi connectivity index (χ0n) is 13.1. The van der Waals surface area contributed by atoms with Gasteiger partial charge in [0.15, 0.2) is 0 Å². The third-order valence-electron chi connectivity index (χ3n) is 4.60. The lowest BCUT2D eigenvalue weighted by Crippen LogP contribution is -2.35. The van der Waals surface area contributed by atoms with Crippen molar-refractivity contribution >= 4 is 5.91 Å². The minimum Gasteiger partial charge on any atom is -0.351 e. The molecule has 4 nitrogen and oxygen atoms in total. The molecule has 2 heterocycles. The first-order chi connectivity index (χ1) is 10.7. The molecule has 1 amide bonds. The second kappa shape index (κ2) is 6.77. The van der Waals surface area contributed by atoms with E-state index in [0.717, 1.165) is 31.4 Å². The van der Waals surface area contributed by atoms with Crippen LogP contribution in [0.25, 0.3) is 0 Å². The summed E-state index contributed by atoms with van der Waals surface area (Å²) in [6.07, 6.45) is 10.2. The van der Waals surface area contributed by atoms with Crippen molar-refractivity contribution in [2.45, 2.75) is 38.3 Å². The molecule has 22 heavy (non-hydrogen) atoms. The highest BCUT2D eigenvalue weighted by Gasteiger charge is 2.28. The Balaban J connectivity index is 1.53. The number of carbonyl (C=O) groups excluding carboxylic acids is 1. The lowest BCUT2D eigenvalue weighted by Gasteiger charge is -2.31. The Morgan fingerprint density at radius 2 is 1.91 bits per heavy atom. The Kier molecular flexibility index (Phi) is 4.56. The van der Waals surface area contributed by atoms with Crippen molar-refractivity contribution in [2.24, 2.45) is 5.92 Å². The summed E-state index contributed by atoms with van der Waals surface area (Å²) in [5, 5.41) is 0. The van der Waals surface area contributed by atoms with Crippen molar-refractivity contribution in [3.05, 3.63) is 54.6 Å². The summed E-state index contributed by atoms with van der Waals surface area (Å²) in [6, 6.07) is 10.5. The first kappa shape index (κ1) is 14.8. The molecule has 3 rings (SSSR count). The summed E-state index contributed by atoms with van der Waals surface area (Å²) in [5.41, 5.74) is 0.944. The van der Waals surface area contributed by atoms with E-state index in [1.807, 2.05) is 30.1 Å². The molecular weight excluding hydrogens is 274 g/mol. The van der Waals surface area contributed by atoms with Gasteiger partial charge in [-0.3, -0.25) is 9.78 Å². The second-order valence-electron chi connectivity index (χ2n) is 6.15. The monoisotopic (exact) mass is 297 g/mol. The van der Waals surface area contributed by atoms with Crippen LogP contribution in [0, 0.1) is 5.92 Å². The van der Waals surface area contributed by atoms with E-state index >= 15 is 0 Å². The van der Waals surface area contributed by atoms with Gasteiger partial charge in [0.2, 0.25) is 5.91 Å². The number of hydrogen-bond donors (Lipinski definition) is 0. The van der Waals surface area contributed by atoms with Crippen molar-refractivity contribution in [2.75, 3.05) is 7.05 Å². The molecule has 0 radical (unpaired) electrons. The van der Waals surface area contributed by atoms with E-state index in [1.54, 1.807) is 6.20 Å². The van der Waals surface area contributed by atoms with Crippen LogP contribution in [-0.2, 0) is 11.3 Å². The topological polar surface area (TPSA) is 38.1 Å². The van der Waals surface area contributed by atoms with Gasteiger partial charge >= 0.3 is 0 Å². The van der Waals surface area contributed by atoms with Crippen molar-refractivity contribution < 1.29 is 4.79 Å². The zero-order chi connectivity index (χ0) is 15.4. The van der Waals surface area contributed by atoms with Gasteiger partial charge in [-0.25, -0.2) is 0 Å². The van der Waals surface area contributed by atoms with Crippen molar-refractivity contribution in [1.82, 2.24) is 14.5 Å². The van der Waals surface area contributed by atoms with Gasteiger partial charge in [0, 0.05) is 37.6 Å². The van der Waals surface area contributed by atoms with Gasteiger partial charge in [-0.05, 0) is 49.9 Å². The van der Waals surface area contributed by atoms with Crippen molar-refractivity contribution in [3.8, 4) is 0 Å². The maximum Gasteiger partial charge on any atom is 0.225 e. The predicted molar refractivity (Wildman–Crippen MR) is 86.1 cm³/mol. The lowest BCUT2D eigenvalue weighted by atomic mass is 9.85. The number of aromatic nitrogens is 2. The Bertz CT molecular complexity index is 586. The molecule has 0 bridgehead atoms. The number of carbonyl (C=O) groups is 1. The van der Waals surface area contributed by atoms with E-state index in [1.165, 1.54) is 0 Å². The number of hydrogen-bond acceptors (Lipinski definition) is 2. The summed E-state index contributed by atoms with van der Waals surface area (Å²) < 4.78 is 2.28. The quantitative estimate of drug-likeness (QED) is 0.868. The molecule has 4 heteroatoms. The first-order valence-corrected chi connectivity index (χ1v) is 8.01. The van der Waals surface area contributed by atoms with Gasteiger partial charge in [-0.2, -0.15) is 0 Å². The molecule has 0 aromatic carbocycles. The fraction of sp³-hybridized carbons (Fsp3) is 0.444.